The second kappa shape index (κ2) is 8.50. The van der Waals surface area contributed by atoms with E-state index in [0.29, 0.717) is 24.7 Å². The number of carbonyl (C=O) groups excluding carboxylic acids is 1. The van der Waals surface area contributed by atoms with Gasteiger partial charge in [0.25, 0.3) is 0 Å². The number of rotatable bonds is 4. The molecule has 1 aliphatic rings. The average Bonchev–Trinajstić information content (AvgIpc) is 2.71. The van der Waals surface area contributed by atoms with Crippen LogP contribution in [0.2, 0.25) is 0 Å². The van der Waals surface area contributed by atoms with Crippen LogP contribution in [-0.2, 0) is 6.42 Å². The summed E-state index contributed by atoms with van der Waals surface area (Å²) in [6.45, 7) is 11.3. The number of carbonyl (C=O) groups is 1. The Bertz CT molecular complexity index is 858. The van der Waals surface area contributed by atoms with Crippen LogP contribution in [-0.4, -0.2) is 49.2 Å². The predicted molar refractivity (Wildman–Crippen MR) is 114 cm³/mol. The molecule has 1 aromatic carbocycles. The highest BCUT2D eigenvalue weighted by molar-refractivity contribution is 5.91. The van der Waals surface area contributed by atoms with Gasteiger partial charge < -0.3 is 19.9 Å². The van der Waals surface area contributed by atoms with Crippen molar-refractivity contribution in [2.24, 2.45) is 0 Å². The van der Waals surface area contributed by atoms with Crippen LogP contribution >= 0.6 is 0 Å². The molecule has 28 heavy (non-hydrogen) atoms. The Morgan fingerprint density at radius 1 is 1.18 bits per heavy atom. The molecule has 6 nitrogen and oxygen atoms in total. The van der Waals surface area contributed by atoms with E-state index in [-0.39, 0.29) is 6.03 Å². The fourth-order valence-electron chi connectivity index (χ4n) is 3.65. The topological polar surface area (TPSA) is 57.7 Å². The lowest BCUT2D eigenvalue weighted by atomic mass is 10.1. The Kier molecular flexibility index (Phi) is 6.07. The van der Waals surface area contributed by atoms with Crippen LogP contribution < -0.4 is 15.0 Å². The number of hydrogen-bond donors (Lipinski definition) is 1. The molecule has 150 valence electrons. The van der Waals surface area contributed by atoms with E-state index < -0.39 is 0 Å². The van der Waals surface area contributed by atoms with Crippen molar-refractivity contribution in [1.29, 1.82) is 0 Å². The van der Waals surface area contributed by atoms with Gasteiger partial charge in [0.05, 0.1) is 7.11 Å². The van der Waals surface area contributed by atoms with Crippen LogP contribution in [0.15, 0.2) is 24.3 Å². The first-order chi connectivity index (χ1) is 13.4. The molecule has 0 spiro atoms. The highest BCUT2D eigenvalue weighted by atomic mass is 16.5. The summed E-state index contributed by atoms with van der Waals surface area (Å²) in [5.41, 5.74) is 6.53. The molecule has 0 radical (unpaired) electrons. The predicted octanol–water partition coefficient (Wildman–Crippen LogP) is 3.93. The van der Waals surface area contributed by atoms with Crippen molar-refractivity contribution in [3.8, 4) is 5.88 Å². The van der Waals surface area contributed by atoms with Gasteiger partial charge in [0.2, 0.25) is 5.88 Å². The zero-order valence-electron chi connectivity index (χ0n) is 17.5. The van der Waals surface area contributed by atoms with Gasteiger partial charge in [0.1, 0.15) is 5.69 Å². The zero-order chi connectivity index (χ0) is 20.3. The molecule has 3 rings (SSSR count). The minimum Gasteiger partial charge on any atom is -0.480 e. The lowest BCUT2D eigenvalue weighted by Gasteiger charge is -2.37. The number of nitrogens with one attached hydrogen (secondary N) is 1. The van der Waals surface area contributed by atoms with E-state index in [2.05, 4.69) is 54.2 Å². The summed E-state index contributed by atoms with van der Waals surface area (Å²) in [5.74, 6) is 0.456. The van der Waals surface area contributed by atoms with Gasteiger partial charge in [-0.25, -0.2) is 9.78 Å². The summed E-state index contributed by atoms with van der Waals surface area (Å²) >= 11 is 0. The van der Waals surface area contributed by atoms with Gasteiger partial charge in [-0.2, -0.15) is 0 Å². The van der Waals surface area contributed by atoms with Gasteiger partial charge in [0, 0.05) is 37.6 Å². The smallest absolute Gasteiger partial charge is 0.322 e. The van der Waals surface area contributed by atoms with Crippen LogP contribution in [0.3, 0.4) is 0 Å². The molecule has 1 N–H and O–H groups in total. The van der Waals surface area contributed by atoms with Crippen molar-refractivity contribution in [1.82, 2.24) is 9.88 Å². The van der Waals surface area contributed by atoms with E-state index in [1.807, 2.05) is 17.9 Å². The normalized spacial score (nSPS) is 14.2. The Morgan fingerprint density at radius 2 is 1.89 bits per heavy atom. The van der Waals surface area contributed by atoms with Crippen LogP contribution in [0, 0.1) is 20.8 Å². The third kappa shape index (κ3) is 4.06. The molecule has 0 bridgehead atoms. The second-order valence-corrected chi connectivity index (χ2v) is 7.27. The maximum absolute atomic E-state index is 12.8. The molecule has 2 aromatic rings. The van der Waals surface area contributed by atoms with E-state index in [9.17, 15) is 4.79 Å². The Morgan fingerprint density at radius 3 is 2.54 bits per heavy atom. The summed E-state index contributed by atoms with van der Waals surface area (Å²) < 4.78 is 5.36. The average molecular weight is 383 g/mol. The number of nitrogens with zero attached hydrogens (tertiary/aromatic N) is 3. The Hall–Kier alpha value is -2.76. The van der Waals surface area contributed by atoms with Gasteiger partial charge in [-0.05, 0) is 56.0 Å². The summed E-state index contributed by atoms with van der Waals surface area (Å²) in [6.07, 6.45) is 0.861. The molecule has 2 heterocycles. The first-order valence-corrected chi connectivity index (χ1v) is 9.86. The molecule has 2 amide bonds. The number of anilines is 2. The fourth-order valence-corrected chi connectivity index (χ4v) is 3.65. The maximum atomic E-state index is 12.8. The SMILES string of the molecule is CCc1cc(NC(=O)N2CCN(c3cccc(C)c3C)CC2)c(OC)nc1C. The molecule has 0 aliphatic carbocycles. The van der Waals surface area contributed by atoms with Crippen molar-refractivity contribution in [2.75, 3.05) is 43.5 Å². The van der Waals surface area contributed by atoms with Gasteiger partial charge in [-0.15, -0.1) is 0 Å². The minimum absolute atomic E-state index is 0.105. The maximum Gasteiger partial charge on any atom is 0.322 e. The molecule has 1 saturated heterocycles. The Labute approximate surface area is 167 Å². The molecule has 1 aliphatic heterocycles. The number of piperazine rings is 1. The molecule has 1 aromatic heterocycles. The highest BCUT2D eigenvalue weighted by Gasteiger charge is 2.23. The van der Waals surface area contributed by atoms with Crippen molar-refractivity contribution in [3.05, 3.63) is 46.6 Å². The van der Waals surface area contributed by atoms with Gasteiger partial charge in [0.15, 0.2) is 0 Å². The largest absolute Gasteiger partial charge is 0.480 e. The number of urea groups is 1. The summed E-state index contributed by atoms with van der Waals surface area (Å²) in [4.78, 5) is 21.5. The lowest BCUT2D eigenvalue weighted by Crippen LogP contribution is -2.50. The van der Waals surface area contributed by atoms with E-state index in [0.717, 1.165) is 30.8 Å². The number of aryl methyl sites for hydroxylation is 3. The van der Waals surface area contributed by atoms with Crippen molar-refractivity contribution < 1.29 is 9.53 Å². The van der Waals surface area contributed by atoms with Gasteiger partial charge >= 0.3 is 6.03 Å². The van der Waals surface area contributed by atoms with E-state index in [1.54, 1.807) is 7.11 Å². The van der Waals surface area contributed by atoms with E-state index >= 15 is 0 Å². The molecule has 0 unspecified atom stereocenters. The highest BCUT2D eigenvalue weighted by Crippen LogP contribution is 2.27. The number of pyridine rings is 1. The molecular weight excluding hydrogens is 352 g/mol. The van der Waals surface area contributed by atoms with Crippen LogP contribution in [0.4, 0.5) is 16.2 Å². The summed E-state index contributed by atoms with van der Waals surface area (Å²) in [5, 5.41) is 2.99. The van der Waals surface area contributed by atoms with Crippen LogP contribution in [0.25, 0.3) is 0 Å². The molecule has 0 saturated carbocycles. The second-order valence-electron chi connectivity index (χ2n) is 7.27. The third-order valence-electron chi connectivity index (χ3n) is 5.58. The third-order valence-corrected chi connectivity index (χ3v) is 5.58. The number of amides is 2. The molecule has 6 heteroatoms. The van der Waals surface area contributed by atoms with Gasteiger partial charge in [-0.1, -0.05) is 19.1 Å². The minimum atomic E-state index is -0.105. The molecular formula is C22H30N4O2. The zero-order valence-corrected chi connectivity index (χ0v) is 17.5. The van der Waals surface area contributed by atoms with Gasteiger partial charge in [-0.3, -0.25) is 0 Å². The van der Waals surface area contributed by atoms with Crippen molar-refractivity contribution >= 4 is 17.4 Å². The number of ether oxygens (including phenoxy) is 1. The van der Waals surface area contributed by atoms with E-state index in [1.165, 1.54) is 16.8 Å². The Balaban J connectivity index is 1.67. The van der Waals surface area contributed by atoms with E-state index in [4.69, 9.17) is 4.74 Å². The van der Waals surface area contributed by atoms with Crippen molar-refractivity contribution in [2.45, 2.75) is 34.1 Å². The first-order valence-electron chi connectivity index (χ1n) is 9.86. The summed E-state index contributed by atoms with van der Waals surface area (Å²) in [7, 11) is 1.58. The monoisotopic (exact) mass is 382 g/mol. The van der Waals surface area contributed by atoms with Crippen LogP contribution in [0.1, 0.15) is 29.3 Å². The first kappa shape index (κ1) is 20.0. The summed E-state index contributed by atoms with van der Waals surface area (Å²) in [6, 6.07) is 8.25. The number of aromatic nitrogens is 1. The quantitative estimate of drug-likeness (QED) is 0.870. The fraction of sp³-hybridized carbons (Fsp3) is 0.455. The van der Waals surface area contributed by atoms with Crippen LogP contribution in [0.5, 0.6) is 5.88 Å². The van der Waals surface area contributed by atoms with Crippen molar-refractivity contribution in [3.63, 3.8) is 0 Å². The standard InChI is InChI=1S/C22H30N4O2/c1-6-18-14-19(21(28-5)23-17(18)4)24-22(27)26-12-10-25(11-13-26)20-9-7-8-15(2)16(20)3/h7-9,14H,6,10-13H2,1-5H3,(H,24,27). The number of methoxy groups -OCH3 is 1. The molecule has 0 atom stereocenters. The molecule has 1 fully saturated rings. The number of benzene rings is 1. The number of hydrogen-bond acceptors (Lipinski definition) is 4. The lowest BCUT2D eigenvalue weighted by molar-refractivity contribution is 0.208.